The first kappa shape index (κ1) is 21.0. The summed E-state index contributed by atoms with van der Waals surface area (Å²) in [5, 5.41) is 7.66. The summed E-state index contributed by atoms with van der Waals surface area (Å²) in [6.45, 7) is 0. The summed E-state index contributed by atoms with van der Waals surface area (Å²) in [7, 11) is -2.82. The fourth-order valence-corrected chi connectivity index (χ4v) is 4.14. The molecule has 1 aromatic heterocycles. The number of alkyl halides is 2. The zero-order valence-corrected chi connectivity index (χ0v) is 18.2. The topological polar surface area (TPSA) is 99.4 Å². The normalized spacial score (nSPS) is 14.9. The molecule has 4 N–H and O–H groups in total. The molecule has 1 aliphatic carbocycles. The van der Waals surface area contributed by atoms with E-state index < -0.39 is 16.5 Å². The van der Waals surface area contributed by atoms with Gasteiger partial charge in [0.1, 0.15) is 5.69 Å². The van der Waals surface area contributed by atoms with Gasteiger partial charge in [0.2, 0.25) is 0 Å². The predicted octanol–water partition coefficient (Wildman–Crippen LogP) is 5.33. The second-order valence-corrected chi connectivity index (χ2v) is 9.66. The van der Waals surface area contributed by atoms with E-state index in [9.17, 15) is 22.7 Å². The molecule has 4 rings (SSSR count). The van der Waals surface area contributed by atoms with Gasteiger partial charge in [0.05, 0.1) is 16.9 Å². The van der Waals surface area contributed by atoms with E-state index in [1.165, 1.54) is 17.8 Å². The molecule has 0 atom stereocenters. The van der Waals surface area contributed by atoms with Crippen LogP contribution in [0.2, 0.25) is 0 Å². The molecule has 30 heavy (non-hydrogen) atoms. The number of anilines is 1. The Morgan fingerprint density at radius 3 is 2.50 bits per heavy atom. The van der Waals surface area contributed by atoms with Gasteiger partial charge in [-0.15, -0.1) is 0 Å². The van der Waals surface area contributed by atoms with Crippen LogP contribution in [-0.4, -0.2) is 37.6 Å². The first-order valence-corrected chi connectivity index (χ1v) is 11.5. The third kappa shape index (κ3) is 3.89. The van der Waals surface area contributed by atoms with Gasteiger partial charge in [-0.3, -0.25) is 18.6 Å². The van der Waals surface area contributed by atoms with Gasteiger partial charge in [-0.05, 0) is 60.7 Å². The molecule has 1 saturated carbocycles. The Kier molecular flexibility index (Phi) is 5.47. The third-order valence-corrected chi connectivity index (χ3v) is 6.43. The van der Waals surface area contributed by atoms with E-state index in [1.807, 2.05) is 12.1 Å². The molecule has 0 radical (unpaired) electrons. The number of carbonyl (C=O) groups is 1. The van der Waals surface area contributed by atoms with E-state index in [-0.39, 0.29) is 17.5 Å². The lowest BCUT2D eigenvalue weighted by atomic mass is 10.0. The number of nitrogens with zero attached hydrogens (tertiary/aromatic N) is 2. The van der Waals surface area contributed by atoms with Crippen LogP contribution in [0.5, 0.6) is 0 Å². The molecular formula is C19H19BrF2N4O3S. The Bertz CT molecular complexity index is 1120. The molecule has 0 saturated heterocycles. The van der Waals surface area contributed by atoms with Crippen LogP contribution in [0, 0.1) is 0 Å². The number of rotatable bonds is 6. The Balaban J connectivity index is 1.92. The number of carbonyl (C=O) groups excluding carboxylic acids is 1. The van der Waals surface area contributed by atoms with Crippen LogP contribution in [0.3, 0.4) is 0 Å². The van der Waals surface area contributed by atoms with E-state index in [4.69, 9.17) is 0 Å². The van der Waals surface area contributed by atoms with E-state index in [1.54, 1.807) is 18.2 Å². The highest BCUT2D eigenvalue weighted by Gasteiger charge is 2.32. The average molecular weight is 501 g/mol. The summed E-state index contributed by atoms with van der Waals surface area (Å²) in [4.78, 5) is 12.7. The van der Waals surface area contributed by atoms with Crippen molar-refractivity contribution >= 4 is 49.2 Å². The number of fused-ring (bicyclic) bond motifs is 1. The van der Waals surface area contributed by atoms with Gasteiger partial charge in [0, 0.05) is 16.9 Å². The van der Waals surface area contributed by atoms with E-state index in [2.05, 4.69) is 31.1 Å². The summed E-state index contributed by atoms with van der Waals surface area (Å²) >= 11 is 3.37. The third-order valence-electron chi connectivity index (χ3n) is 4.88. The van der Waals surface area contributed by atoms with Crippen molar-refractivity contribution in [3.8, 4) is 5.69 Å². The Morgan fingerprint density at radius 1 is 1.27 bits per heavy atom. The standard InChI is InChI=1S/C19H19BrF2N4O3S/c1-23-18(27)17-14-8-13(10-2-3-10)16(25-30(28,29)19(21)22)9-15(14)24-26(17)12-6-4-11(20)5-7-12/h4-10,19,25,28-29H,2-3H2,1H3,(H,23,27). The SMILES string of the molecule is CNC(=O)c1c2cc(C3CC3)c(NS(O)(O)C(F)F)cc2nn1-c1ccc(Br)cc1. The highest BCUT2D eigenvalue weighted by atomic mass is 79.9. The number of amides is 1. The van der Waals surface area contributed by atoms with Crippen molar-refractivity contribution in [2.45, 2.75) is 24.5 Å². The minimum Gasteiger partial charge on any atom is -0.354 e. The predicted molar refractivity (Wildman–Crippen MR) is 117 cm³/mol. The first-order chi connectivity index (χ1) is 14.2. The molecule has 0 bridgehead atoms. The number of halogens is 3. The largest absolute Gasteiger partial charge is 0.354 e. The quantitative estimate of drug-likeness (QED) is 0.366. The van der Waals surface area contributed by atoms with Crippen molar-refractivity contribution < 1.29 is 22.7 Å². The zero-order chi connectivity index (χ0) is 21.6. The average Bonchev–Trinajstić information content (AvgIpc) is 3.48. The smallest absolute Gasteiger partial charge is 0.343 e. The molecule has 1 amide bonds. The lowest BCUT2D eigenvalue weighted by molar-refractivity contribution is 0.0957. The molecule has 11 heteroatoms. The van der Waals surface area contributed by atoms with Crippen LogP contribution in [0.4, 0.5) is 14.5 Å². The Hall–Kier alpha value is -2.21. The summed E-state index contributed by atoms with van der Waals surface area (Å²) in [6, 6.07) is 10.4. The fourth-order valence-electron chi connectivity index (χ4n) is 3.28. The molecule has 3 aromatic rings. The number of nitrogens with one attached hydrogen (secondary N) is 2. The van der Waals surface area contributed by atoms with Gasteiger partial charge in [-0.25, -0.2) is 4.68 Å². The van der Waals surface area contributed by atoms with Gasteiger partial charge in [-0.2, -0.15) is 13.9 Å². The number of benzene rings is 2. The van der Waals surface area contributed by atoms with Crippen molar-refractivity contribution in [2.75, 3.05) is 11.8 Å². The maximum atomic E-state index is 13.0. The molecule has 0 spiro atoms. The molecule has 1 fully saturated rings. The van der Waals surface area contributed by atoms with Crippen molar-refractivity contribution in [1.82, 2.24) is 15.1 Å². The van der Waals surface area contributed by atoms with E-state index >= 15 is 0 Å². The fraction of sp³-hybridized carbons (Fsp3) is 0.263. The van der Waals surface area contributed by atoms with Crippen molar-refractivity contribution in [3.63, 3.8) is 0 Å². The zero-order valence-electron chi connectivity index (χ0n) is 15.8. The molecule has 1 aliphatic rings. The molecule has 0 aliphatic heterocycles. The van der Waals surface area contributed by atoms with Gasteiger partial charge in [0.15, 0.2) is 0 Å². The van der Waals surface area contributed by atoms with Crippen LogP contribution >= 0.6 is 26.7 Å². The van der Waals surface area contributed by atoms with Gasteiger partial charge in [-0.1, -0.05) is 26.7 Å². The second kappa shape index (κ2) is 7.80. The molecule has 2 aromatic carbocycles. The number of aromatic nitrogens is 2. The molecule has 7 nitrogen and oxygen atoms in total. The lowest BCUT2D eigenvalue weighted by Crippen LogP contribution is -2.22. The van der Waals surface area contributed by atoms with Gasteiger partial charge >= 0.3 is 5.76 Å². The number of hydrogen-bond donors (Lipinski definition) is 4. The molecule has 1 heterocycles. The minimum atomic E-state index is -4.33. The lowest BCUT2D eigenvalue weighted by Gasteiger charge is -2.33. The van der Waals surface area contributed by atoms with Crippen molar-refractivity contribution in [2.24, 2.45) is 0 Å². The minimum absolute atomic E-state index is 0.0957. The van der Waals surface area contributed by atoms with Gasteiger partial charge in [0.25, 0.3) is 5.91 Å². The molecule has 0 unspecified atom stereocenters. The maximum Gasteiger partial charge on any atom is 0.343 e. The molecule has 160 valence electrons. The van der Waals surface area contributed by atoms with Crippen molar-refractivity contribution in [3.05, 3.63) is 52.1 Å². The van der Waals surface area contributed by atoms with E-state index in [0.717, 1.165) is 17.3 Å². The van der Waals surface area contributed by atoms with E-state index in [0.29, 0.717) is 27.8 Å². The highest BCUT2D eigenvalue weighted by Crippen LogP contribution is 2.51. The Morgan fingerprint density at radius 2 is 1.93 bits per heavy atom. The summed E-state index contributed by atoms with van der Waals surface area (Å²) in [5.74, 6) is -3.58. The number of hydrogen-bond acceptors (Lipinski definition) is 5. The highest BCUT2D eigenvalue weighted by molar-refractivity contribution is 9.10. The monoisotopic (exact) mass is 500 g/mol. The summed E-state index contributed by atoms with van der Waals surface area (Å²) in [5.41, 5.74) is 2.17. The van der Waals surface area contributed by atoms with Crippen LogP contribution in [-0.2, 0) is 0 Å². The Labute approximate surface area is 181 Å². The maximum absolute atomic E-state index is 13.0. The summed E-state index contributed by atoms with van der Waals surface area (Å²) < 4.78 is 50.1. The van der Waals surface area contributed by atoms with Crippen molar-refractivity contribution in [1.29, 1.82) is 0 Å². The summed E-state index contributed by atoms with van der Waals surface area (Å²) in [6.07, 6.45) is 1.70. The first-order valence-electron chi connectivity index (χ1n) is 9.09. The van der Waals surface area contributed by atoms with Crippen LogP contribution in [0.25, 0.3) is 16.6 Å². The second-order valence-electron chi connectivity index (χ2n) is 7.00. The van der Waals surface area contributed by atoms with Crippen LogP contribution in [0.1, 0.15) is 34.8 Å². The van der Waals surface area contributed by atoms with Gasteiger partial charge < -0.3 is 5.32 Å². The van der Waals surface area contributed by atoms with Crippen LogP contribution in [0.15, 0.2) is 40.9 Å². The molecular weight excluding hydrogens is 482 g/mol. The van der Waals surface area contributed by atoms with Crippen LogP contribution < -0.4 is 10.0 Å².